The van der Waals surface area contributed by atoms with Gasteiger partial charge in [-0.2, -0.15) is 0 Å². The zero-order valence-corrected chi connectivity index (χ0v) is 17.2. The molecule has 0 unspecified atom stereocenters. The third-order valence-corrected chi connectivity index (χ3v) is 5.43. The Morgan fingerprint density at radius 1 is 1.03 bits per heavy atom. The summed E-state index contributed by atoms with van der Waals surface area (Å²) in [5.41, 5.74) is 3.24. The first-order chi connectivity index (χ1) is 13.9. The van der Waals surface area contributed by atoms with E-state index in [1.165, 1.54) is 18.2 Å². The second-order valence-electron chi connectivity index (χ2n) is 7.01. The zero-order chi connectivity index (χ0) is 20.5. The third kappa shape index (κ3) is 4.09. The molecule has 0 saturated carbocycles. The van der Waals surface area contributed by atoms with Crippen LogP contribution in [-0.4, -0.2) is 12.5 Å². The van der Waals surface area contributed by atoms with Gasteiger partial charge in [0.05, 0.1) is 10.6 Å². The quantitative estimate of drug-likeness (QED) is 0.456. The lowest BCUT2D eigenvalue weighted by atomic mass is 9.98. The molecule has 0 aliphatic carbocycles. The first kappa shape index (κ1) is 19.7. The number of aryl methyl sites for hydroxylation is 2. The smallest absolute Gasteiger partial charge is 0.262 e. The van der Waals surface area contributed by atoms with Crippen LogP contribution in [-0.2, 0) is 6.42 Å². The number of benzene rings is 3. The number of halogens is 3. The van der Waals surface area contributed by atoms with Crippen molar-refractivity contribution in [2.45, 2.75) is 19.8 Å². The van der Waals surface area contributed by atoms with Crippen LogP contribution in [0.5, 0.6) is 11.5 Å². The normalized spacial score (nSPS) is 13.2. The molecule has 0 spiro atoms. The van der Waals surface area contributed by atoms with Crippen LogP contribution in [0.2, 0.25) is 10.0 Å². The third-order valence-electron chi connectivity index (χ3n) is 4.88. The summed E-state index contributed by atoms with van der Waals surface area (Å²) in [5.74, 6) is -0.309. The van der Waals surface area contributed by atoms with Crippen LogP contribution in [0.3, 0.4) is 0 Å². The maximum atomic E-state index is 14.0. The predicted molar refractivity (Wildman–Crippen MR) is 114 cm³/mol. The molecule has 0 fully saturated rings. The van der Waals surface area contributed by atoms with Crippen molar-refractivity contribution in [1.82, 2.24) is 0 Å². The average molecular weight is 430 g/mol. The minimum atomic E-state index is -0.515. The van der Waals surface area contributed by atoms with Crippen molar-refractivity contribution in [2.24, 2.45) is 0 Å². The summed E-state index contributed by atoms with van der Waals surface area (Å²) in [6.45, 7) is 2.58. The van der Waals surface area contributed by atoms with Gasteiger partial charge in [-0.05, 0) is 61.7 Å². The summed E-state index contributed by atoms with van der Waals surface area (Å²) >= 11 is 12.2. The summed E-state index contributed by atoms with van der Waals surface area (Å²) in [5, 5.41) is 0.788. The molecule has 1 heterocycles. The average Bonchev–Trinajstić information content (AvgIpc) is 2.70. The number of anilines is 1. The molecule has 1 aliphatic rings. The number of rotatable bonds is 3. The minimum Gasteiger partial charge on any atom is -0.455 e. The van der Waals surface area contributed by atoms with Crippen molar-refractivity contribution in [3.63, 3.8) is 0 Å². The van der Waals surface area contributed by atoms with E-state index in [2.05, 4.69) is 6.07 Å². The van der Waals surface area contributed by atoms with Crippen molar-refractivity contribution in [3.8, 4) is 11.5 Å². The van der Waals surface area contributed by atoms with Gasteiger partial charge in [0, 0.05) is 23.3 Å². The van der Waals surface area contributed by atoms with Crippen molar-refractivity contribution in [3.05, 3.63) is 87.2 Å². The summed E-state index contributed by atoms with van der Waals surface area (Å²) in [6, 6.07) is 14.7. The number of amides is 1. The highest BCUT2D eigenvalue weighted by Crippen LogP contribution is 2.36. The molecule has 0 bridgehead atoms. The van der Waals surface area contributed by atoms with Gasteiger partial charge in [-0.1, -0.05) is 40.9 Å². The number of carbonyl (C=O) groups excluding carboxylic acids is 1. The predicted octanol–water partition coefficient (Wildman–Crippen LogP) is 6.83. The molecule has 1 amide bonds. The number of nitrogens with zero attached hydrogens (tertiary/aromatic N) is 1. The summed E-state index contributed by atoms with van der Waals surface area (Å²) < 4.78 is 19.9. The molecule has 1 aliphatic heterocycles. The second-order valence-corrected chi connectivity index (χ2v) is 7.85. The molecule has 0 radical (unpaired) electrons. The first-order valence-electron chi connectivity index (χ1n) is 9.26. The van der Waals surface area contributed by atoms with E-state index < -0.39 is 5.82 Å². The van der Waals surface area contributed by atoms with Crippen LogP contribution < -0.4 is 9.64 Å². The van der Waals surface area contributed by atoms with Gasteiger partial charge >= 0.3 is 0 Å². The Morgan fingerprint density at radius 3 is 2.69 bits per heavy atom. The van der Waals surface area contributed by atoms with E-state index in [9.17, 15) is 9.18 Å². The van der Waals surface area contributed by atoms with Crippen LogP contribution in [0.25, 0.3) is 0 Å². The van der Waals surface area contributed by atoms with E-state index >= 15 is 0 Å². The molecule has 0 aromatic heterocycles. The van der Waals surface area contributed by atoms with E-state index in [1.807, 2.05) is 19.1 Å². The molecule has 3 nitrogen and oxygen atoms in total. The van der Waals surface area contributed by atoms with Gasteiger partial charge in [0.2, 0.25) is 0 Å². The molecule has 0 N–H and O–H groups in total. The Bertz CT molecular complexity index is 1100. The lowest BCUT2D eigenvalue weighted by Crippen LogP contribution is -2.35. The van der Waals surface area contributed by atoms with Gasteiger partial charge in [-0.3, -0.25) is 4.79 Å². The van der Waals surface area contributed by atoms with Crippen LogP contribution in [0.1, 0.15) is 27.9 Å². The number of hydrogen-bond donors (Lipinski definition) is 0. The van der Waals surface area contributed by atoms with E-state index in [1.54, 1.807) is 23.1 Å². The summed E-state index contributed by atoms with van der Waals surface area (Å²) in [4.78, 5) is 15.1. The molecule has 0 saturated heterocycles. The molecule has 3 aromatic rings. The van der Waals surface area contributed by atoms with E-state index in [-0.39, 0.29) is 17.2 Å². The maximum Gasteiger partial charge on any atom is 0.262 e. The van der Waals surface area contributed by atoms with Gasteiger partial charge in [0.15, 0.2) is 0 Å². The minimum absolute atomic E-state index is 0.134. The summed E-state index contributed by atoms with van der Waals surface area (Å²) in [6.07, 6.45) is 1.75. The SMILES string of the molecule is Cc1ccc2c(c1)CCCN2C(=O)c1cc(F)ccc1Oc1cc(Cl)ccc1Cl. The molecule has 3 aromatic carbocycles. The number of carbonyl (C=O) groups is 1. The highest BCUT2D eigenvalue weighted by Gasteiger charge is 2.26. The van der Waals surface area contributed by atoms with Gasteiger partial charge < -0.3 is 9.64 Å². The van der Waals surface area contributed by atoms with E-state index in [0.29, 0.717) is 22.3 Å². The highest BCUT2D eigenvalue weighted by molar-refractivity contribution is 6.34. The zero-order valence-electron chi connectivity index (χ0n) is 15.7. The molecular weight excluding hydrogens is 412 g/mol. The number of hydrogen-bond acceptors (Lipinski definition) is 2. The Labute approximate surface area is 178 Å². The summed E-state index contributed by atoms with van der Waals surface area (Å²) in [7, 11) is 0. The van der Waals surface area contributed by atoms with Crippen LogP contribution in [0, 0.1) is 12.7 Å². The Kier molecular flexibility index (Phi) is 5.48. The molecule has 0 atom stereocenters. The number of fused-ring (bicyclic) bond motifs is 1. The van der Waals surface area contributed by atoms with Crippen molar-refractivity contribution >= 4 is 34.8 Å². The lowest BCUT2D eigenvalue weighted by Gasteiger charge is -2.30. The van der Waals surface area contributed by atoms with Gasteiger partial charge in [0.1, 0.15) is 17.3 Å². The molecular formula is C23H18Cl2FNO2. The molecule has 6 heteroatoms. The fraction of sp³-hybridized carbons (Fsp3) is 0.174. The maximum absolute atomic E-state index is 14.0. The Morgan fingerprint density at radius 2 is 1.86 bits per heavy atom. The number of ether oxygens (including phenoxy) is 1. The second kappa shape index (κ2) is 8.05. The fourth-order valence-corrected chi connectivity index (χ4v) is 3.83. The molecule has 4 rings (SSSR count). The molecule has 29 heavy (non-hydrogen) atoms. The molecule has 148 valence electrons. The van der Waals surface area contributed by atoms with Crippen LogP contribution in [0.4, 0.5) is 10.1 Å². The monoisotopic (exact) mass is 429 g/mol. The van der Waals surface area contributed by atoms with Gasteiger partial charge in [0.25, 0.3) is 5.91 Å². The Balaban J connectivity index is 1.73. The van der Waals surface area contributed by atoms with E-state index in [0.717, 1.165) is 29.7 Å². The van der Waals surface area contributed by atoms with Crippen molar-refractivity contribution in [2.75, 3.05) is 11.4 Å². The standard InChI is InChI=1S/C23H18Cl2FNO2/c1-14-4-8-20-15(11-14)3-2-10-27(20)23(28)18-13-17(26)6-9-21(18)29-22-12-16(24)5-7-19(22)25/h4-9,11-13H,2-3,10H2,1H3. The van der Waals surface area contributed by atoms with Crippen molar-refractivity contribution in [1.29, 1.82) is 0 Å². The van der Waals surface area contributed by atoms with Gasteiger partial charge in [-0.15, -0.1) is 0 Å². The fourth-order valence-electron chi connectivity index (χ4n) is 3.51. The first-order valence-corrected chi connectivity index (χ1v) is 10.0. The highest BCUT2D eigenvalue weighted by atomic mass is 35.5. The topological polar surface area (TPSA) is 29.5 Å². The van der Waals surface area contributed by atoms with Crippen LogP contribution >= 0.6 is 23.2 Å². The van der Waals surface area contributed by atoms with Gasteiger partial charge in [-0.25, -0.2) is 4.39 Å². The largest absolute Gasteiger partial charge is 0.455 e. The van der Waals surface area contributed by atoms with E-state index in [4.69, 9.17) is 27.9 Å². The van der Waals surface area contributed by atoms with Crippen molar-refractivity contribution < 1.29 is 13.9 Å². The Hall–Kier alpha value is -2.56. The van der Waals surface area contributed by atoms with Crippen LogP contribution in [0.15, 0.2) is 54.6 Å². The lowest BCUT2D eigenvalue weighted by molar-refractivity contribution is 0.0982.